The van der Waals surface area contributed by atoms with Crippen LogP contribution < -0.4 is 5.73 Å². The van der Waals surface area contributed by atoms with Crippen LogP contribution in [0.2, 0.25) is 0 Å². The lowest BCUT2D eigenvalue weighted by atomic mass is 9.96. The molecule has 1 heterocycles. The van der Waals surface area contributed by atoms with Gasteiger partial charge in [-0.3, -0.25) is 4.90 Å². The van der Waals surface area contributed by atoms with Gasteiger partial charge in [-0.15, -0.1) is 0 Å². The minimum atomic E-state index is -0.208. The number of hydrogen-bond acceptors (Lipinski definition) is 2. The van der Waals surface area contributed by atoms with E-state index in [1.54, 1.807) is 0 Å². The predicted octanol–water partition coefficient (Wildman–Crippen LogP) is 3.85. The van der Waals surface area contributed by atoms with Crippen molar-refractivity contribution in [1.82, 2.24) is 4.90 Å². The first-order chi connectivity index (χ1) is 9.13. The fourth-order valence-electron chi connectivity index (χ4n) is 2.97. The molecule has 1 aliphatic heterocycles. The molecule has 0 saturated carbocycles. The fourth-order valence-corrected chi connectivity index (χ4v) is 3.55. The summed E-state index contributed by atoms with van der Waals surface area (Å²) in [5.74, 6) is -0.208. The predicted molar refractivity (Wildman–Crippen MR) is 80.5 cm³/mol. The quantitative estimate of drug-likeness (QED) is 0.913. The molecule has 1 aromatic rings. The molecular formula is C15H22BrFN2. The van der Waals surface area contributed by atoms with Gasteiger partial charge in [-0.05, 0) is 50.0 Å². The summed E-state index contributed by atoms with van der Waals surface area (Å²) in [7, 11) is 0. The van der Waals surface area contributed by atoms with Crippen molar-refractivity contribution in [3.05, 3.63) is 34.1 Å². The van der Waals surface area contributed by atoms with E-state index in [9.17, 15) is 4.39 Å². The van der Waals surface area contributed by atoms with Crippen LogP contribution in [0.15, 0.2) is 22.7 Å². The molecule has 19 heavy (non-hydrogen) atoms. The van der Waals surface area contributed by atoms with Crippen LogP contribution in [0.4, 0.5) is 4.39 Å². The zero-order valence-corrected chi connectivity index (χ0v) is 13.0. The number of halogens is 2. The lowest BCUT2D eigenvalue weighted by molar-refractivity contribution is 0.185. The lowest BCUT2D eigenvalue weighted by Gasteiger charge is -2.34. The largest absolute Gasteiger partial charge is 0.326 e. The molecule has 2 unspecified atom stereocenters. The van der Waals surface area contributed by atoms with Gasteiger partial charge in [0.15, 0.2) is 0 Å². The van der Waals surface area contributed by atoms with E-state index < -0.39 is 0 Å². The van der Waals surface area contributed by atoms with Crippen molar-refractivity contribution in [2.24, 2.45) is 5.73 Å². The minimum Gasteiger partial charge on any atom is -0.326 e. The molecule has 0 radical (unpaired) electrons. The van der Waals surface area contributed by atoms with E-state index in [-0.39, 0.29) is 17.9 Å². The molecule has 2 nitrogen and oxygen atoms in total. The molecule has 0 spiro atoms. The first-order valence-electron chi connectivity index (χ1n) is 7.08. The molecular weight excluding hydrogens is 307 g/mol. The number of likely N-dealkylation sites (tertiary alicyclic amines) is 1. The van der Waals surface area contributed by atoms with Gasteiger partial charge in [0.1, 0.15) is 5.82 Å². The van der Waals surface area contributed by atoms with Crippen molar-refractivity contribution in [2.45, 2.75) is 44.7 Å². The molecule has 0 bridgehead atoms. The number of hydrogen-bond donors (Lipinski definition) is 1. The highest BCUT2D eigenvalue weighted by molar-refractivity contribution is 9.10. The molecule has 1 aromatic carbocycles. The number of rotatable bonds is 3. The third kappa shape index (κ3) is 3.56. The Kier molecular flexibility index (Phi) is 5.37. The summed E-state index contributed by atoms with van der Waals surface area (Å²) >= 11 is 3.49. The highest BCUT2D eigenvalue weighted by atomic mass is 79.9. The van der Waals surface area contributed by atoms with E-state index in [4.69, 9.17) is 5.73 Å². The normalized spacial score (nSPS) is 25.3. The molecule has 1 fully saturated rings. The highest BCUT2D eigenvalue weighted by Crippen LogP contribution is 2.34. The first-order valence-corrected chi connectivity index (χ1v) is 7.87. The van der Waals surface area contributed by atoms with Gasteiger partial charge in [-0.1, -0.05) is 35.3 Å². The Morgan fingerprint density at radius 2 is 2.21 bits per heavy atom. The van der Waals surface area contributed by atoms with Crippen molar-refractivity contribution < 1.29 is 4.39 Å². The summed E-state index contributed by atoms with van der Waals surface area (Å²) in [6.07, 6.45) is 4.52. The second-order valence-corrected chi connectivity index (χ2v) is 6.16. The van der Waals surface area contributed by atoms with Crippen LogP contribution >= 0.6 is 15.9 Å². The summed E-state index contributed by atoms with van der Waals surface area (Å²) in [5, 5.41) is 0. The Morgan fingerprint density at radius 1 is 1.42 bits per heavy atom. The van der Waals surface area contributed by atoms with Crippen LogP contribution in [0, 0.1) is 5.82 Å². The van der Waals surface area contributed by atoms with E-state index in [0.29, 0.717) is 0 Å². The molecule has 2 rings (SSSR count). The molecule has 4 heteroatoms. The summed E-state index contributed by atoms with van der Waals surface area (Å²) in [6, 6.07) is 5.25. The Balaban J connectivity index is 2.34. The molecule has 2 N–H and O–H groups in total. The Labute approximate surface area is 123 Å². The zero-order valence-electron chi connectivity index (χ0n) is 11.4. The standard InChI is InChI=1S/C15H22BrFN2/c1-2-8-19-9-4-3-5-14(18)15(19)12-7-6-11(17)10-13(12)16/h6-7,10,14-15H,2-5,8-9,18H2,1H3. The molecule has 0 aromatic heterocycles. The Bertz CT molecular complexity index is 425. The molecule has 1 aliphatic rings. The van der Waals surface area contributed by atoms with Crippen LogP contribution in [-0.2, 0) is 0 Å². The Hall–Kier alpha value is -0.450. The van der Waals surface area contributed by atoms with E-state index in [0.717, 1.165) is 36.0 Å². The average molecular weight is 329 g/mol. The van der Waals surface area contributed by atoms with Crippen molar-refractivity contribution in [3.63, 3.8) is 0 Å². The van der Waals surface area contributed by atoms with E-state index in [1.165, 1.54) is 25.0 Å². The SMILES string of the molecule is CCCN1CCCCC(N)C1c1ccc(F)cc1Br. The summed E-state index contributed by atoms with van der Waals surface area (Å²) in [4.78, 5) is 2.45. The number of nitrogens with zero attached hydrogens (tertiary/aromatic N) is 1. The van der Waals surface area contributed by atoms with Crippen LogP contribution in [0.5, 0.6) is 0 Å². The number of benzene rings is 1. The van der Waals surface area contributed by atoms with Crippen molar-refractivity contribution in [1.29, 1.82) is 0 Å². The third-order valence-electron chi connectivity index (χ3n) is 3.82. The van der Waals surface area contributed by atoms with Gasteiger partial charge in [0.05, 0.1) is 6.04 Å². The third-order valence-corrected chi connectivity index (χ3v) is 4.51. The smallest absolute Gasteiger partial charge is 0.124 e. The molecule has 0 amide bonds. The van der Waals surface area contributed by atoms with Crippen molar-refractivity contribution in [2.75, 3.05) is 13.1 Å². The molecule has 0 aliphatic carbocycles. The van der Waals surface area contributed by atoms with Gasteiger partial charge in [0.25, 0.3) is 0 Å². The lowest BCUT2D eigenvalue weighted by Crippen LogP contribution is -2.40. The van der Waals surface area contributed by atoms with Gasteiger partial charge in [0.2, 0.25) is 0 Å². The maximum absolute atomic E-state index is 13.3. The van der Waals surface area contributed by atoms with Crippen LogP contribution in [0.25, 0.3) is 0 Å². The second kappa shape index (κ2) is 6.82. The van der Waals surface area contributed by atoms with Gasteiger partial charge >= 0.3 is 0 Å². The average Bonchev–Trinajstić information content (AvgIpc) is 2.53. The van der Waals surface area contributed by atoms with Crippen LogP contribution in [0.3, 0.4) is 0 Å². The van der Waals surface area contributed by atoms with Crippen molar-refractivity contribution in [3.8, 4) is 0 Å². The summed E-state index contributed by atoms with van der Waals surface area (Å²) in [5.41, 5.74) is 7.50. The van der Waals surface area contributed by atoms with E-state index >= 15 is 0 Å². The first kappa shape index (κ1) is 14.9. The van der Waals surface area contributed by atoms with Gasteiger partial charge < -0.3 is 5.73 Å². The van der Waals surface area contributed by atoms with Crippen LogP contribution in [-0.4, -0.2) is 24.0 Å². The maximum Gasteiger partial charge on any atom is 0.124 e. The van der Waals surface area contributed by atoms with Crippen LogP contribution in [0.1, 0.15) is 44.2 Å². The molecule has 106 valence electrons. The number of nitrogens with two attached hydrogens (primary N) is 1. The summed E-state index contributed by atoms with van der Waals surface area (Å²) in [6.45, 7) is 4.31. The maximum atomic E-state index is 13.3. The van der Waals surface area contributed by atoms with Gasteiger partial charge in [-0.25, -0.2) is 4.39 Å². The monoisotopic (exact) mass is 328 g/mol. The zero-order chi connectivity index (χ0) is 13.8. The second-order valence-electron chi connectivity index (χ2n) is 5.31. The van der Waals surface area contributed by atoms with Gasteiger partial charge in [0, 0.05) is 10.5 Å². The van der Waals surface area contributed by atoms with E-state index in [1.807, 2.05) is 6.07 Å². The summed E-state index contributed by atoms with van der Waals surface area (Å²) < 4.78 is 14.1. The molecule has 1 saturated heterocycles. The van der Waals surface area contributed by atoms with Crippen molar-refractivity contribution >= 4 is 15.9 Å². The van der Waals surface area contributed by atoms with Gasteiger partial charge in [-0.2, -0.15) is 0 Å². The molecule has 2 atom stereocenters. The highest BCUT2D eigenvalue weighted by Gasteiger charge is 2.29. The Morgan fingerprint density at radius 3 is 2.89 bits per heavy atom. The topological polar surface area (TPSA) is 29.3 Å². The fraction of sp³-hybridized carbons (Fsp3) is 0.600. The minimum absolute atomic E-state index is 0.121. The van der Waals surface area contributed by atoms with E-state index in [2.05, 4.69) is 27.8 Å².